The molecule has 0 spiro atoms. The maximum Gasteiger partial charge on any atom is 0.284 e. The van der Waals surface area contributed by atoms with Gasteiger partial charge in [-0.25, -0.2) is 4.39 Å². The summed E-state index contributed by atoms with van der Waals surface area (Å²) in [5.41, 5.74) is 0.408. The number of carbonyl (C=O) groups is 2. The number of amides is 2. The molecule has 1 heterocycles. The van der Waals surface area contributed by atoms with Gasteiger partial charge in [0, 0.05) is 23.2 Å². The first-order valence-corrected chi connectivity index (χ1v) is 13.6. The average molecular weight is 524 g/mol. The number of anilines is 1. The Bertz CT molecular complexity index is 1200. The number of hydrogen-bond acceptors (Lipinski definition) is 5. The Balaban J connectivity index is 1.57. The summed E-state index contributed by atoms with van der Waals surface area (Å²) in [5.74, 6) is -1.18. The van der Waals surface area contributed by atoms with Crippen LogP contribution in [0.25, 0.3) is 0 Å². The third kappa shape index (κ3) is 5.79. The van der Waals surface area contributed by atoms with Crippen LogP contribution in [0.5, 0.6) is 0 Å². The van der Waals surface area contributed by atoms with Crippen LogP contribution in [0.15, 0.2) is 57.8 Å². The lowest BCUT2D eigenvalue weighted by molar-refractivity contribution is -0.130. The second-order valence-electron chi connectivity index (χ2n) is 8.17. The standard InChI is InChI=1S/C23H23ClFN3O4S2/c24-15-6-12-19(13-7-15)34(31,32)27-23-28(18-4-2-1-3-5-18)22(30)20(33-23)14-21(29)26-17-10-8-16(25)9-11-17/h6-13,18,20H,1-5,14H2,(H,26,29)/b27-23+. The van der Waals surface area contributed by atoms with E-state index in [9.17, 15) is 22.4 Å². The van der Waals surface area contributed by atoms with E-state index in [1.165, 1.54) is 53.4 Å². The number of carbonyl (C=O) groups excluding carboxylic acids is 2. The minimum Gasteiger partial charge on any atom is -0.326 e. The maximum atomic E-state index is 13.3. The van der Waals surface area contributed by atoms with Crippen LogP contribution in [0, 0.1) is 5.82 Å². The molecule has 7 nitrogen and oxygen atoms in total. The highest BCUT2D eigenvalue weighted by Gasteiger charge is 2.43. The molecule has 4 rings (SSSR count). The lowest BCUT2D eigenvalue weighted by atomic mass is 9.94. The van der Waals surface area contributed by atoms with Crippen LogP contribution < -0.4 is 5.32 Å². The van der Waals surface area contributed by atoms with E-state index in [1.54, 1.807) is 0 Å². The van der Waals surface area contributed by atoms with Gasteiger partial charge in [0.15, 0.2) is 5.17 Å². The molecule has 1 atom stereocenters. The van der Waals surface area contributed by atoms with Gasteiger partial charge in [-0.2, -0.15) is 8.42 Å². The smallest absolute Gasteiger partial charge is 0.284 e. The Labute approximate surface area is 206 Å². The first kappa shape index (κ1) is 24.7. The van der Waals surface area contributed by atoms with Gasteiger partial charge in [-0.15, -0.1) is 4.40 Å². The molecule has 2 aromatic rings. The van der Waals surface area contributed by atoms with E-state index in [1.807, 2.05) is 0 Å². The van der Waals surface area contributed by atoms with Crippen molar-refractivity contribution in [2.24, 2.45) is 4.40 Å². The second-order valence-corrected chi connectivity index (χ2v) is 11.4. The van der Waals surface area contributed by atoms with Gasteiger partial charge in [0.1, 0.15) is 11.1 Å². The number of nitrogens with zero attached hydrogens (tertiary/aromatic N) is 2. The van der Waals surface area contributed by atoms with E-state index < -0.39 is 27.0 Å². The Morgan fingerprint density at radius 2 is 1.74 bits per heavy atom. The zero-order valence-electron chi connectivity index (χ0n) is 18.1. The van der Waals surface area contributed by atoms with Crippen LogP contribution in [-0.2, 0) is 19.6 Å². The minimum absolute atomic E-state index is 0.0291. The number of nitrogens with one attached hydrogen (secondary N) is 1. The zero-order valence-corrected chi connectivity index (χ0v) is 20.5. The van der Waals surface area contributed by atoms with E-state index in [-0.39, 0.29) is 28.4 Å². The summed E-state index contributed by atoms with van der Waals surface area (Å²) < 4.78 is 43.0. The molecule has 2 amide bonds. The summed E-state index contributed by atoms with van der Waals surface area (Å²) in [6.07, 6.45) is 4.27. The molecule has 0 bridgehead atoms. The van der Waals surface area contributed by atoms with E-state index in [0.29, 0.717) is 10.7 Å². The predicted molar refractivity (Wildman–Crippen MR) is 131 cm³/mol. The molecule has 180 valence electrons. The van der Waals surface area contributed by atoms with Crippen LogP contribution in [0.3, 0.4) is 0 Å². The number of benzene rings is 2. The van der Waals surface area contributed by atoms with E-state index in [2.05, 4.69) is 9.71 Å². The quantitative estimate of drug-likeness (QED) is 0.585. The summed E-state index contributed by atoms with van der Waals surface area (Å²) >= 11 is 6.85. The van der Waals surface area contributed by atoms with E-state index >= 15 is 0 Å². The summed E-state index contributed by atoms with van der Waals surface area (Å²) in [6.45, 7) is 0. The highest BCUT2D eigenvalue weighted by Crippen LogP contribution is 2.36. The molecular weight excluding hydrogens is 501 g/mol. The molecule has 0 radical (unpaired) electrons. The van der Waals surface area contributed by atoms with Crippen molar-refractivity contribution >= 4 is 56.1 Å². The van der Waals surface area contributed by atoms with Gasteiger partial charge in [-0.3, -0.25) is 14.5 Å². The van der Waals surface area contributed by atoms with Crippen LogP contribution in [0.4, 0.5) is 10.1 Å². The highest BCUT2D eigenvalue weighted by atomic mass is 35.5. The molecule has 1 N–H and O–H groups in total. The largest absolute Gasteiger partial charge is 0.326 e. The molecule has 2 aromatic carbocycles. The van der Waals surface area contributed by atoms with Crippen LogP contribution >= 0.6 is 23.4 Å². The lowest BCUT2D eigenvalue weighted by Crippen LogP contribution is -2.42. The van der Waals surface area contributed by atoms with E-state index in [0.717, 1.165) is 43.9 Å². The summed E-state index contributed by atoms with van der Waals surface area (Å²) in [4.78, 5) is 27.3. The normalized spacial score (nSPS) is 20.6. The number of amidine groups is 1. The fourth-order valence-electron chi connectivity index (χ4n) is 4.03. The van der Waals surface area contributed by atoms with Gasteiger partial charge in [0.25, 0.3) is 10.0 Å². The minimum atomic E-state index is -4.08. The number of rotatable bonds is 6. The van der Waals surface area contributed by atoms with Gasteiger partial charge < -0.3 is 5.32 Å². The summed E-state index contributed by atoms with van der Waals surface area (Å²) in [6, 6.07) is 10.8. The second kappa shape index (κ2) is 10.5. The first-order chi connectivity index (χ1) is 16.2. The maximum absolute atomic E-state index is 13.3. The fraction of sp³-hybridized carbons (Fsp3) is 0.348. The van der Waals surface area contributed by atoms with Crippen LogP contribution in [0.1, 0.15) is 38.5 Å². The van der Waals surface area contributed by atoms with E-state index in [4.69, 9.17) is 11.6 Å². The van der Waals surface area contributed by atoms with Gasteiger partial charge in [0.05, 0.1) is 4.90 Å². The molecule has 1 aliphatic heterocycles. The summed E-state index contributed by atoms with van der Waals surface area (Å²) in [7, 11) is -4.08. The molecule has 1 unspecified atom stereocenters. The number of thioether (sulfide) groups is 1. The monoisotopic (exact) mass is 523 g/mol. The van der Waals surface area contributed by atoms with Gasteiger partial charge in [-0.1, -0.05) is 42.6 Å². The molecular formula is C23H23ClFN3O4S2. The molecule has 2 aliphatic rings. The predicted octanol–water partition coefficient (Wildman–Crippen LogP) is 4.83. The van der Waals surface area contributed by atoms with Gasteiger partial charge in [0.2, 0.25) is 11.8 Å². The first-order valence-electron chi connectivity index (χ1n) is 10.9. The van der Waals surface area contributed by atoms with Crippen molar-refractivity contribution < 1.29 is 22.4 Å². The third-order valence-electron chi connectivity index (χ3n) is 5.72. The number of halogens is 2. The van der Waals surface area contributed by atoms with Crippen LogP contribution in [-0.4, -0.2) is 41.6 Å². The Hall–Kier alpha value is -2.43. The van der Waals surface area contributed by atoms with Crippen LogP contribution in [0.2, 0.25) is 5.02 Å². The molecule has 11 heteroatoms. The SMILES string of the molecule is O=C(CC1S/C(=N/S(=O)(=O)c2ccc(Cl)cc2)N(C2CCCCC2)C1=O)Nc1ccc(F)cc1. The van der Waals surface area contributed by atoms with Crippen molar-refractivity contribution in [2.75, 3.05) is 5.32 Å². The molecule has 34 heavy (non-hydrogen) atoms. The van der Waals surface area contributed by atoms with Crippen molar-refractivity contribution in [3.63, 3.8) is 0 Å². The molecule has 1 saturated carbocycles. The van der Waals surface area contributed by atoms with Gasteiger partial charge >= 0.3 is 0 Å². The average Bonchev–Trinajstić information content (AvgIpc) is 3.10. The molecule has 1 aliphatic carbocycles. The van der Waals surface area contributed by atoms with Crippen molar-refractivity contribution in [1.82, 2.24) is 4.90 Å². The molecule has 0 aromatic heterocycles. The highest BCUT2D eigenvalue weighted by molar-refractivity contribution is 8.16. The fourth-order valence-corrected chi connectivity index (χ4v) is 6.56. The number of sulfonamides is 1. The lowest BCUT2D eigenvalue weighted by Gasteiger charge is -2.30. The van der Waals surface area contributed by atoms with Gasteiger partial charge in [-0.05, 0) is 61.4 Å². The molecule has 1 saturated heterocycles. The zero-order chi connectivity index (χ0) is 24.3. The van der Waals surface area contributed by atoms with Crippen molar-refractivity contribution in [3.8, 4) is 0 Å². The Morgan fingerprint density at radius 3 is 2.38 bits per heavy atom. The van der Waals surface area contributed by atoms with Crippen molar-refractivity contribution in [2.45, 2.75) is 54.7 Å². The summed E-state index contributed by atoms with van der Waals surface area (Å²) in [5, 5.41) is 2.33. The number of hydrogen-bond donors (Lipinski definition) is 1. The van der Waals surface area contributed by atoms with Crippen molar-refractivity contribution in [1.29, 1.82) is 0 Å². The Morgan fingerprint density at radius 1 is 1.09 bits per heavy atom. The van der Waals surface area contributed by atoms with Crippen molar-refractivity contribution in [3.05, 3.63) is 59.4 Å². The topological polar surface area (TPSA) is 95.9 Å². The Kier molecular flexibility index (Phi) is 7.59. The third-order valence-corrected chi connectivity index (χ3v) is 8.52. The molecule has 2 fully saturated rings.